The minimum atomic E-state index is 0.338. The third-order valence-corrected chi connectivity index (χ3v) is 4.39. The predicted octanol–water partition coefficient (Wildman–Crippen LogP) is 3.98. The molecule has 0 amide bonds. The summed E-state index contributed by atoms with van der Waals surface area (Å²) in [5.41, 5.74) is 2.36. The molecule has 1 fully saturated rings. The average molecular weight is 290 g/mol. The van der Waals surface area contributed by atoms with E-state index in [1.807, 2.05) is 0 Å². The number of fused-ring (bicyclic) bond motifs is 1. The van der Waals surface area contributed by atoms with Gasteiger partial charge in [-0.05, 0) is 46.3 Å². The summed E-state index contributed by atoms with van der Waals surface area (Å²) in [5.74, 6) is 0.684. The minimum Gasteiger partial charge on any atom is -0.225 e. The van der Waals surface area contributed by atoms with Crippen molar-refractivity contribution in [3.8, 4) is 0 Å². The number of thiophene rings is 1. The second-order valence-corrected chi connectivity index (χ2v) is 6.12. The van der Waals surface area contributed by atoms with Gasteiger partial charge in [-0.2, -0.15) is 0 Å². The third kappa shape index (κ3) is 1.36. The molecule has 1 aliphatic rings. The molecule has 0 spiro atoms. The van der Waals surface area contributed by atoms with Crippen LogP contribution in [0.25, 0.3) is 10.2 Å². The Morgan fingerprint density at radius 1 is 1.50 bits per heavy atom. The summed E-state index contributed by atoms with van der Waals surface area (Å²) < 4.78 is 2.30. The van der Waals surface area contributed by atoms with E-state index in [-0.39, 0.29) is 0 Å². The molecule has 2 aromatic heterocycles. The molecule has 2 heterocycles. The number of aromatic nitrogens is 2. The Morgan fingerprint density at radius 3 is 3.00 bits per heavy atom. The second-order valence-electron chi connectivity index (χ2n) is 3.42. The number of hydrogen-bond acceptors (Lipinski definition) is 3. The Morgan fingerprint density at radius 2 is 2.29 bits per heavy atom. The van der Waals surface area contributed by atoms with E-state index in [0.29, 0.717) is 11.2 Å². The largest absolute Gasteiger partial charge is 0.225 e. The zero-order valence-corrected chi connectivity index (χ0v) is 10.3. The van der Waals surface area contributed by atoms with Crippen LogP contribution in [0.3, 0.4) is 0 Å². The molecule has 2 aromatic rings. The van der Waals surface area contributed by atoms with Gasteiger partial charge in [-0.15, -0.1) is 11.3 Å². The van der Waals surface area contributed by atoms with Gasteiger partial charge in [-0.25, -0.2) is 9.97 Å². The van der Waals surface area contributed by atoms with Crippen LogP contribution in [0.2, 0.25) is 5.28 Å². The number of halogens is 2. The molecule has 0 saturated heterocycles. The molecule has 2 nitrogen and oxygen atoms in total. The third-order valence-electron chi connectivity index (χ3n) is 2.38. The first-order valence-corrected chi connectivity index (χ1v) is 6.35. The Hall–Kier alpha value is -0.190. The van der Waals surface area contributed by atoms with Crippen LogP contribution >= 0.6 is 38.9 Å². The van der Waals surface area contributed by atoms with E-state index >= 15 is 0 Å². The summed E-state index contributed by atoms with van der Waals surface area (Å²) in [6.45, 7) is 0. The van der Waals surface area contributed by atoms with Crippen molar-refractivity contribution in [2.75, 3.05) is 0 Å². The fourth-order valence-corrected chi connectivity index (χ4v) is 3.68. The highest BCUT2D eigenvalue weighted by Gasteiger charge is 2.29. The maximum atomic E-state index is 5.79. The Bertz CT molecular complexity index is 507. The molecular weight excluding hydrogens is 284 g/mol. The van der Waals surface area contributed by atoms with Gasteiger partial charge < -0.3 is 0 Å². The smallest absolute Gasteiger partial charge is 0.222 e. The summed E-state index contributed by atoms with van der Waals surface area (Å²) in [6.07, 6.45) is 4.34. The number of nitrogens with zero attached hydrogens (tertiary/aromatic N) is 2. The molecular formula is C9H6BrClN2S. The molecule has 0 N–H and O–H groups in total. The van der Waals surface area contributed by atoms with Gasteiger partial charge in [0.15, 0.2) is 0 Å². The van der Waals surface area contributed by atoms with Crippen LogP contribution in [0.15, 0.2) is 9.98 Å². The fraction of sp³-hybridized carbons (Fsp3) is 0.333. The zero-order valence-electron chi connectivity index (χ0n) is 7.13. The van der Waals surface area contributed by atoms with Gasteiger partial charge in [0.2, 0.25) is 5.28 Å². The molecule has 0 unspecified atom stereocenters. The lowest BCUT2D eigenvalue weighted by Crippen LogP contribution is -1.84. The molecule has 0 aliphatic heterocycles. The highest BCUT2D eigenvalue weighted by Crippen LogP contribution is 2.49. The molecule has 14 heavy (non-hydrogen) atoms. The van der Waals surface area contributed by atoms with Crippen molar-refractivity contribution in [3.05, 3.63) is 20.8 Å². The molecule has 0 bridgehead atoms. The van der Waals surface area contributed by atoms with Gasteiger partial charge in [0.1, 0.15) is 0 Å². The van der Waals surface area contributed by atoms with E-state index in [0.717, 1.165) is 10.2 Å². The molecule has 3 rings (SSSR count). The lowest BCUT2D eigenvalue weighted by atomic mass is 10.2. The van der Waals surface area contributed by atoms with Crippen LogP contribution in [0.1, 0.15) is 24.3 Å². The van der Waals surface area contributed by atoms with E-state index in [9.17, 15) is 0 Å². The summed E-state index contributed by atoms with van der Waals surface area (Å²) in [4.78, 5) is 8.28. The van der Waals surface area contributed by atoms with Crippen LogP contribution in [0.4, 0.5) is 0 Å². The van der Waals surface area contributed by atoms with Gasteiger partial charge >= 0.3 is 0 Å². The lowest BCUT2D eigenvalue weighted by molar-refractivity contribution is 1.13. The summed E-state index contributed by atoms with van der Waals surface area (Å²) in [7, 11) is 0. The molecule has 0 atom stereocenters. The highest BCUT2D eigenvalue weighted by atomic mass is 79.9. The van der Waals surface area contributed by atoms with Crippen LogP contribution in [0.5, 0.6) is 0 Å². The maximum absolute atomic E-state index is 5.79. The molecule has 0 aromatic carbocycles. The molecule has 1 saturated carbocycles. The number of rotatable bonds is 1. The van der Waals surface area contributed by atoms with Gasteiger partial charge in [0.25, 0.3) is 0 Å². The summed E-state index contributed by atoms with van der Waals surface area (Å²) in [5, 5.41) is 0.338. The first-order valence-electron chi connectivity index (χ1n) is 4.36. The van der Waals surface area contributed by atoms with Crippen LogP contribution in [-0.4, -0.2) is 9.97 Å². The first-order chi connectivity index (χ1) is 6.75. The van der Waals surface area contributed by atoms with Crippen molar-refractivity contribution >= 4 is 49.1 Å². The Labute approximate surface area is 98.5 Å². The Kier molecular flexibility index (Phi) is 2.04. The summed E-state index contributed by atoms with van der Waals surface area (Å²) >= 11 is 11.1. The lowest BCUT2D eigenvalue weighted by Gasteiger charge is -1.95. The molecule has 1 aliphatic carbocycles. The monoisotopic (exact) mass is 288 g/mol. The van der Waals surface area contributed by atoms with E-state index in [4.69, 9.17) is 11.6 Å². The maximum Gasteiger partial charge on any atom is 0.222 e. The second kappa shape index (κ2) is 3.15. The normalized spacial score (nSPS) is 16.4. The van der Waals surface area contributed by atoms with Gasteiger partial charge in [-0.3, -0.25) is 0 Å². The van der Waals surface area contributed by atoms with Crippen LogP contribution in [-0.2, 0) is 0 Å². The van der Waals surface area contributed by atoms with Crippen molar-refractivity contribution in [1.82, 2.24) is 9.97 Å². The summed E-state index contributed by atoms with van der Waals surface area (Å²) in [6, 6.07) is 0. The fourth-order valence-electron chi connectivity index (χ4n) is 1.59. The molecule has 72 valence electrons. The van der Waals surface area contributed by atoms with Gasteiger partial charge in [0, 0.05) is 11.8 Å². The van der Waals surface area contributed by atoms with Crippen LogP contribution in [0, 0.1) is 0 Å². The average Bonchev–Trinajstić information content (AvgIpc) is 2.90. The predicted molar refractivity (Wildman–Crippen MR) is 62.1 cm³/mol. The topological polar surface area (TPSA) is 25.8 Å². The van der Waals surface area contributed by atoms with Crippen molar-refractivity contribution in [2.24, 2.45) is 0 Å². The SMILES string of the molecule is Clc1ncc2sc(Br)c(C3CC3)c2n1. The van der Waals surface area contributed by atoms with E-state index < -0.39 is 0 Å². The standard InChI is InChI=1S/C9H6BrClN2S/c10-8-6(4-1-2-4)7-5(14-8)3-12-9(11)13-7/h3-4H,1-2H2. The van der Waals surface area contributed by atoms with Crippen molar-refractivity contribution < 1.29 is 0 Å². The first kappa shape index (κ1) is 9.07. The molecule has 5 heteroatoms. The van der Waals surface area contributed by atoms with Crippen molar-refractivity contribution in [3.63, 3.8) is 0 Å². The highest BCUT2D eigenvalue weighted by molar-refractivity contribution is 9.11. The van der Waals surface area contributed by atoms with Crippen molar-refractivity contribution in [2.45, 2.75) is 18.8 Å². The quantitative estimate of drug-likeness (QED) is 0.742. The van der Waals surface area contributed by atoms with E-state index in [1.165, 1.54) is 22.2 Å². The van der Waals surface area contributed by atoms with E-state index in [1.54, 1.807) is 17.5 Å². The van der Waals surface area contributed by atoms with Crippen molar-refractivity contribution in [1.29, 1.82) is 0 Å². The van der Waals surface area contributed by atoms with E-state index in [2.05, 4.69) is 25.9 Å². The molecule has 0 radical (unpaired) electrons. The zero-order chi connectivity index (χ0) is 9.71. The Balaban J connectivity index is 2.34. The van der Waals surface area contributed by atoms with Crippen LogP contribution < -0.4 is 0 Å². The van der Waals surface area contributed by atoms with Gasteiger partial charge in [0.05, 0.1) is 14.0 Å². The van der Waals surface area contributed by atoms with Gasteiger partial charge in [-0.1, -0.05) is 0 Å². The number of hydrogen-bond donors (Lipinski definition) is 0. The minimum absolute atomic E-state index is 0.338.